The van der Waals surface area contributed by atoms with E-state index in [1.54, 1.807) is 12.1 Å². The van der Waals surface area contributed by atoms with E-state index in [1.807, 2.05) is 0 Å². The molecule has 0 aliphatic rings. The monoisotopic (exact) mass is 192 g/mol. The topological polar surface area (TPSA) is 74.6 Å². The first-order valence-electron chi connectivity index (χ1n) is 3.78. The second kappa shape index (κ2) is 3.74. The molecule has 1 rings (SSSR count). The van der Waals surface area contributed by atoms with Gasteiger partial charge in [-0.25, -0.2) is 9.59 Å². The van der Waals surface area contributed by atoms with Gasteiger partial charge in [0.1, 0.15) is 0 Å². The number of carboxylic acid groups (broad SMARTS) is 2. The molecule has 0 aliphatic carbocycles. The lowest BCUT2D eigenvalue weighted by molar-refractivity contribution is -0.136. The van der Waals surface area contributed by atoms with Crippen molar-refractivity contribution in [2.24, 2.45) is 0 Å². The van der Waals surface area contributed by atoms with Gasteiger partial charge in [-0.2, -0.15) is 0 Å². The van der Waals surface area contributed by atoms with Crippen molar-refractivity contribution in [2.45, 2.75) is 0 Å². The van der Waals surface area contributed by atoms with Crippen molar-refractivity contribution < 1.29 is 19.8 Å². The molecule has 0 bridgehead atoms. The van der Waals surface area contributed by atoms with Gasteiger partial charge in [-0.1, -0.05) is 30.8 Å². The van der Waals surface area contributed by atoms with Crippen LogP contribution in [0.15, 0.2) is 24.3 Å². The van der Waals surface area contributed by atoms with Crippen LogP contribution in [0, 0.1) is 0 Å². The fourth-order valence-corrected chi connectivity index (χ4v) is 1.01. The summed E-state index contributed by atoms with van der Waals surface area (Å²) in [4.78, 5) is 21.2. The van der Waals surface area contributed by atoms with Crippen molar-refractivity contribution in [3.63, 3.8) is 0 Å². The maximum Gasteiger partial charge on any atom is 0.343 e. The fraction of sp³-hybridized carbons (Fsp3) is 0. The highest BCUT2D eigenvalue weighted by atomic mass is 16.4. The van der Waals surface area contributed by atoms with E-state index >= 15 is 0 Å². The van der Waals surface area contributed by atoms with E-state index in [2.05, 4.69) is 6.58 Å². The smallest absolute Gasteiger partial charge is 0.343 e. The lowest BCUT2D eigenvalue weighted by Crippen LogP contribution is -2.21. The lowest BCUT2D eigenvalue weighted by Gasteiger charge is -1.94. The average molecular weight is 192 g/mol. The quantitative estimate of drug-likeness (QED) is 0.614. The Labute approximate surface area is 79.4 Å². The first-order valence-corrected chi connectivity index (χ1v) is 3.78. The Hall–Kier alpha value is -2.10. The maximum atomic E-state index is 10.6. The summed E-state index contributed by atoms with van der Waals surface area (Å²) in [6.07, 6.45) is 0. The van der Waals surface area contributed by atoms with Crippen molar-refractivity contribution in [3.8, 4) is 0 Å². The molecule has 0 radical (unpaired) electrons. The molecular formula is C10H8O4. The van der Waals surface area contributed by atoms with Crippen LogP contribution in [0.2, 0.25) is 0 Å². The molecule has 0 aromatic heterocycles. The molecule has 0 aliphatic heterocycles. The van der Waals surface area contributed by atoms with Crippen molar-refractivity contribution >= 4 is 24.1 Å². The van der Waals surface area contributed by atoms with Crippen molar-refractivity contribution in [3.05, 3.63) is 34.7 Å². The van der Waals surface area contributed by atoms with Crippen LogP contribution in [0.25, 0.3) is 12.2 Å². The van der Waals surface area contributed by atoms with Crippen molar-refractivity contribution in [1.82, 2.24) is 0 Å². The standard InChI is InChI=1S/C10H8O4/c1-6-2-4-7(5-3-6)8(9(11)12)10(13)14/h2-5H,1H2,(H,11,12)(H,13,14). The summed E-state index contributed by atoms with van der Waals surface area (Å²) < 4.78 is 0. The minimum Gasteiger partial charge on any atom is -0.477 e. The van der Waals surface area contributed by atoms with Crippen LogP contribution in [0.5, 0.6) is 0 Å². The Morgan fingerprint density at radius 2 is 1.43 bits per heavy atom. The van der Waals surface area contributed by atoms with E-state index in [9.17, 15) is 9.59 Å². The molecule has 0 heterocycles. The van der Waals surface area contributed by atoms with Gasteiger partial charge in [-0.15, -0.1) is 0 Å². The summed E-state index contributed by atoms with van der Waals surface area (Å²) in [5, 5.41) is 18.1. The molecule has 0 fully saturated rings. The zero-order valence-corrected chi connectivity index (χ0v) is 7.23. The SMILES string of the molecule is C=c1ccc(=C(C(=O)O)C(=O)O)cc1. The number of rotatable bonds is 2. The van der Waals surface area contributed by atoms with Crippen LogP contribution < -0.4 is 10.4 Å². The largest absolute Gasteiger partial charge is 0.477 e. The summed E-state index contributed by atoms with van der Waals surface area (Å²) >= 11 is 0. The van der Waals surface area contributed by atoms with Gasteiger partial charge < -0.3 is 10.2 Å². The van der Waals surface area contributed by atoms with E-state index in [0.717, 1.165) is 0 Å². The Morgan fingerprint density at radius 1 is 1.00 bits per heavy atom. The lowest BCUT2D eigenvalue weighted by atomic mass is 10.1. The molecule has 0 amide bonds. The molecule has 72 valence electrons. The highest BCUT2D eigenvalue weighted by Gasteiger charge is 2.16. The van der Waals surface area contributed by atoms with E-state index in [1.165, 1.54) is 12.1 Å². The minimum atomic E-state index is -1.45. The molecule has 14 heavy (non-hydrogen) atoms. The number of carbonyl (C=O) groups is 2. The van der Waals surface area contributed by atoms with E-state index in [0.29, 0.717) is 5.22 Å². The number of hydrogen-bond acceptors (Lipinski definition) is 2. The second-order valence-corrected chi connectivity index (χ2v) is 2.68. The first-order chi connectivity index (χ1) is 6.52. The number of benzene rings is 1. The molecule has 4 nitrogen and oxygen atoms in total. The molecule has 0 unspecified atom stereocenters. The van der Waals surface area contributed by atoms with Crippen LogP contribution in [-0.2, 0) is 9.59 Å². The van der Waals surface area contributed by atoms with Gasteiger partial charge in [0.15, 0.2) is 5.57 Å². The Bertz CT molecular complexity index is 448. The third-order valence-electron chi connectivity index (χ3n) is 1.67. The maximum absolute atomic E-state index is 10.6. The van der Waals surface area contributed by atoms with Gasteiger partial charge >= 0.3 is 11.9 Å². The zero-order chi connectivity index (χ0) is 10.7. The number of hydrogen-bond donors (Lipinski definition) is 2. The van der Waals surface area contributed by atoms with Gasteiger partial charge in [0, 0.05) is 0 Å². The third-order valence-corrected chi connectivity index (χ3v) is 1.67. The molecule has 2 N–H and O–H groups in total. The highest BCUT2D eigenvalue weighted by molar-refractivity contribution is 6.35. The number of aliphatic carboxylic acids is 2. The summed E-state index contributed by atoms with van der Waals surface area (Å²) in [5.41, 5.74) is -0.634. The summed E-state index contributed by atoms with van der Waals surface area (Å²) in [6.45, 7) is 3.61. The molecule has 0 atom stereocenters. The van der Waals surface area contributed by atoms with Crippen LogP contribution >= 0.6 is 0 Å². The molecule has 0 saturated carbocycles. The molecule has 1 aromatic carbocycles. The summed E-state index contributed by atoms with van der Waals surface area (Å²) in [7, 11) is 0. The fourth-order valence-electron chi connectivity index (χ4n) is 1.01. The molecular weight excluding hydrogens is 184 g/mol. The van der Waals surface area contributed by atoms with E-state index in [4.69, 9.17) is 10.2 Å². The van der Waals surface area contributed by atoms with E-state index < -0.39 is 17.5 Å². The predicted molar refractivity (Wildman–Crippen MR) is 49.9 cm³/mol. The molecule has 4 heteroatoms. The van der Waals surface area contributed by atoms with Gasteiger partial charge in [0.25, 0.3) is 0 Å². The van der Waals surface area contributed by atoms with Crippen molar-refractivity contribution in [2.75, 3.05) is 0 Å². The molecule has 1 aromatic rings. The highest BCUT2D eigenvalue weighted by Crippen LogP contribution is 1.92. The van der Waals surface area contributed by atoms with Crippen LogP contribution in [0.4, 0.5) is 0 Å². The van der Waals surface area contributed by atoms with Gasteiger partial charge in [-0.05, 0) is 10.4 Å². The first kappa shape index (κ1) is 9.98. The third kappa shape index (κ3) is 1.98. The van der Waals surface area contributed by atoms with E-state index in [-0.39, 0.29) is 5.22 Å². The second-order valence-electron chi connectivity index (χ2n) is 2.68. The molecule has 0 spiro atoms. The van der Waals surface area contributed by atoms with Gasteiger partial charge in [-0.3, -0.25) is 0 Å². The molecule has 0 saturated heterocycles. The Morgan fingerprint density at radius 3 is 1.79 bits per heavy atom. The van der Waals surface area contributed by atoms with Crippen LogP contribution in [-0.4, -0.2) is 22.2 Å². The average Bonchev–Trinajstić information content (AvgIpc) is 2.07. The van der Waals surface area contributed by atoms with Gasteiger partial charge in [0.2, 0.25) is 0 Å². The Balaban J connectivity index is 3.52. The van der Waals surface area contributed by atoms with Gasteiger partial charge in [0.05, 0.1) is 0 Å². The van der Waals surface area contributed by atoms with Crippen molar-refractivity contribution in [1.29, 1.82) is 0 Å². The Kier molecular flexibility index (Phi) is 2.67. The van der Waals surface area contributed by atoms with Crippen LogP contribution in [0.1, 0.15) is 0 Å². The minimum absolute atomic E-state index is 0.164. The van der Waals surface area contributed by atoms with Crippen LogP contribution in [0.3, 0.4) is 0 Å². The summed E-state index contributed by atoms with van der Waals surface area (Å²) in [6, 6.07) is 5.95. The predicted octanol–water partition coefficient (Wildman–Crippen LogP) is -0.583. The zero-order valence-electron chi connectivity index (χ0n) is 7.23. The normalized spacial score (nSPS) is 9.43. The number of carboxylic acids is 2. The summed E-state index contributed by atoms with van der Waals surface area (Å²) in [5.74, 6) is -2.90.